The zero-order chi connectivity index (χ0) is 16.4. The summed E-state index contributed by atoms with van der Waals surface area (Å²) in [6.45, 7) is 4.38. The molecule has 0 bridgehead atoms. The minimum absolute atomic E-state index is 0.260. The lowest BCUT2D eigenvalue weighted by Gasteiger charge is -2.30. The molecule has 1 saturated heterocycles. The summed E-state index contributed by atoms with van der Waals surface area (Å²) in [5.41, 5.74) is 5.77. The van der Waals surface area contributed by atoms with E-state index in [1.54, 1.807) is 0 Å². The molecule has 0 saturated carbocycles. The van der Waals surface area contributed by atoms with Crippen molar-refractivity contribution < 1.29 is 4.52 Å². The molecular formula is C14H22N8O. The van der Waals surface area contributed by atoms with Crippen LogP contribution in [0.3, 0.4) is 0 Å². The van der Waals surface area contributed by atoms with Gasteiger partial charge in [0.2, 0.25) is 17.8 Å². The fourth-order valence-electron chi connectivity index (χ4n) is 2.73. The molecule has 0 spiro atoms. The van der Waals surface area contributed by atoms with E-state index >= 15 is 0 Å². The maximum Gasteiger partial charge on any atom is 0.229 e. The number of nitrogens with two attached hydrogens (primary N) is 1. The van der Waals surface area contributed by atoms with Gasteiger partial charge in [0.25, 0.3) is 0 Å². The highest BCUT2D eigenvalue weighted by molar-refractivity contribution is 5.32. The minimum Gasteiger partial charge on any atom is -0.368 e. The van der Waals surface area contributed by atoms with Gasteiger partial charge in [0, 0.05) is 26.9 Å². The summed E-state index contributed by atoms with van der Waals surface area (Å²) in [4.78, 5) is 21.3. The van der Waals surface area contributed by atoms with Gasteiger partial charge in [0.05, 0.1) is 6.54 Å². The number of rotatable bonds is 4. The van der Waals surface area contributed by atoms with Gasteiger partial charge >= 0.3 is 0 Å². The van der Waals surface area contributed by atoms with Crippen molar-refractivity contribution in [2.24, 2.45) is 0 Å². The Morgan fingerprint density at radius 2 is 1.91 bits per heavy atom. The average molecular weight is 318 g/mol. The van der Waals surface area contributed by atoms with Crippen molar-refractivity contribution in [3.05, 3.63) is 17.5 Å². The number of aromatic nitrogens is 5. The predicted octanol–water partition coefficient (Wildman–Crippen LogP) is 0.591. The lowest BCUT2D eigenvalue weighted by atomic mass is 9.96. The molecule has 3 heterocycles. The second-order valence-corrected chi connectivity index (χ2v) is 6.03. The summed E-state index contributed by atoms with van der Waals surface area (Å²) in [5.74, 6) is 3.36. The number of hydrogen-bond donors (Lipinski definition) is 1. The molecule has 2 N–H and O–H groups in total. The van der Waals surface area contributed by atoms with Crippen LogP contribution in [-0.4, -0.2) is 57.2 Å². The molecule has 2 aromatic heterocycles. The van der Waals surface area contributed by atoms with Crippen molar-refractivity contribution in [1.29, 1.82) is 0 Å². The zero-order valence-electron chi connectivity index (χ0n) is 13.7. The maximum atomic E-state index is 5.77. The molecule has 1 fully saturated rings. The number of anilines is 2. The standard InChI is InChI=1S/C14H22N8O/c1-9-16-12(20-23-9)10-4-6-22(7-5-10)8-11-17-13(15)19-14(18-11)21(2)3/h10H,4-8H2,1-3H3,(H2,15,17,18,19). The highest BCUT2D eigenvalue weighted by atomic mass is 16.5. The van der Waals surface area contributed by atoms with E-state index in [1.807, 2.05) is 25.9 Å². The topological polar surface area (TPSA) is 110 Å². The fraction of sp³-hybridized carbons (Fsp3) is 0.643. The van der Waals surface area contributed by atoms with Crippen LogP contribution in [0.4, 0.5) is 11.9 Å². The molecule has 0 aliphatic carbocycles. The molecule has 2 aromatic rings. The van der Waals surface area contributed by atoms with Gasteiger partial charge < -0.3 is 15.2 Å². The Hall–Kier alpha value is -2.29. The van der Waals surface area contributed by atoms with Gasteiger partial charge in [-0.2, -0.15) is 19.9 Å². The highest BCUT2D eigenvalue weighted by Gasteiger charge is 2.24. The van der Waals surface area contributed by atoms with Crippen LogP contribution in [0.15, 0.2) is 4.52 Å². The van der Waals surface area contributed by atoms with E-state index in [-0.39, 0.29) is 5.95 Å². The fourth-order valence-corrected chi connectivity index (χ4v) is 2.73. The van der Waals surface area contributed by atoms with E-state index in [4.69, 9.17) is 10.3 Å². The van der Waals surface area contributed by atoms with E-state index in [0.717, 1.165) is 31.8 Å². The summed E-state index contributed by atoms with van der Waals surface area (Å²) >= 11 is 0. The summed E-state index contributed by atoms with van der Waals surface area (Å²) in [7, 11) is 3.77. The van der Waals surface area contributed by atoms with Gasteiger partial charge in [-0.1, -0.05) is 5.16 Å². The van der Waals surface area contributed by atoms with Crippen LogP contribution in [0.5, 0.6) is 0 Å². The molecule has 0 atom stereocenters. The maximum absolute atomic E-state index is 5.77. The predicted molar refractivity (Wildman–Crippen MR) is 84.9 cm³/mol. The third-order valence-electron chi connectivity index (χ3n) is 3.95. The average Bonchev–Trinajstić information content (AvgIpc) is 2.94. The van der Waals surface area contributed by atoms with Crippen LogP contribution in [-0.2, 0) is 6.54 Å². The molecule has 9 heteroatoms. The first-order valence-corrected chi connectivity index (χ1v) is 7.71. The molecule has 9 nitrogen and oxygen atoms in total. The molecular weight excluding hydrogens is 296 g/mol. The Kier molecular flexibility index (Phi) is 4.37. The Labute approximate surface area is 134 Å². The molecule has 1 aliphatic heterocycles. The number of likely N-dealkylation sites (tertiary alicyclic amines) is 1. The Morgan fingerprint density at radius 3 is 2.52 bits per heavy atom. The number of nitrogen functional groups attached to an aromatic ring is 1. The molecule has 124 valence electrons. The van der Waals surface area contributed by atoms with Crippen LogP contribution >= 0.6 is 0 Å². The summed E-state index contributed by atoms with van der Waals surface area (Å²) in [6.07, 6.45) is 2.00. The normalized spacial score (nSPS) is 16.7. The summed E-state index contributed by atoms with van der Waals surface area (Å²) in [5, 5.41) is 4.03. The molecule has 0 amide bonds. The van der Waals surface area contributed by atoms with Crippen LogP contribution in [0.2, 0.25) is 0 Å². The van der Waals surface area contributed by atoms with Crippen molar-refractivity contribution >= 4 is 11.9 Å². The molecule has 3 rings (SSSR count). The third-order valence-corrected chi connectivity index (χ3v) is 3.95. The minimum atomic E-state index is 0.260. The van der Waals surface area contributed by atoms with Crippen LogP contribution in [0.25, 0.3) is 0 Å². The van der Waals surface area contributed by atoms with E-state index in [9.17, 15) is 0 Å². The van der Waals surface area contributed by atoms with Gasteiger partial charge in [-0.15, -0.1) is 0 Å². The quantitative estimate of drug-likeness (QED) is 0.865. The van der Waals surface area contributed by atoms with E-state index in [1.165, 1.54) is 0 Å². The second-order valence-electron chi connectivity index (χ2n) is 6.03. The summed E-state index contributed by atoms with van der Waals surface area (Å²) < 4.78 is 5.07. The monoisotopic (exact) mass is 318 g/mol. The molecule has 0 unspecified atom stereocenters. The Balaban J connectivity index is 1.60. The first-order valence-electron chi connectivity index (χ1n) is 7.71. The summed E-state index contributed by atoms with van der Waals surface area (Å²) in [6, 6.07) is 0. The van der Waals surface area contributed by atoms with Crippen LogP contribution in [0.1, 0.15) is 36.3 Å². The zero-order valence-corrected chi connectivity index (χ0v) is 13.7. The van der Waals surface area contributed by atoms with E-state index in [2.05, 4.69) is 30.0 Å². The highest BCUT2D eigenvalue weighted by Crippen LogP contribution is 2.26. The Bertz CT molecular complexity index is 663. The van der Waals surface area contributed by atoms with Crippen molar-refractivity contribution in [2.45, 2.75) is 32.2 Å². The van der Waals surface area contributed by atoms with Crippen LogP contribution < -0.4 is 10.6 Å². The largest absolute Gasteiger partial charge is 0.368 e. The van der Waals surface area contributed by atoms with Crippen molar-refractivity contribution in [3.8, 4) is 0 Å². The molecule has 0 radical (unpaired) electrons. The number of aryl methyl sites for hydroxylation is 1. The third kappa shape index (κ3) is 3.73. The van der Waals surface area contributed by atoms with Crippen molar-refractivity contribution in [2.75, 3.05) is 37.8 Å². The van der Waals surface area contributed by atoms with Crippen molar-refractivity contribution in [1.82, 2.24) is 30.0 Å². The van der Waals surface area contributed by atoms with Gasteiger partial charge in [-0.05, 0) is 25.9 Å². The van der Waals surface area contributed by atoms with Gasteiger partial charge in [0.15, 0.2) is 5.82 Å². The second kappa shape index (κ2) is 6.45. The van der Waals surface area contributed by atoms with E-state index < -0.39 is 0 Å². The SMILES string of the molecule is Cc1nc(C2CCN(Cc3nc(N)nc(N(C)C)n3)CC2)no1. The molecule has 23 heavy (non-hydrogen) atoms. The number of nitrogens with zero attached hydrogens (tertiary/aromatic N) is 7. The number of hydrogen-bond acceptors (Lipinski definition) is 9. The first-order chi connectivity index (χ1) is 11.0. The van der Waals surface area contributed by atoms with Gasteiger partial charge in [-0.25, -0.2) is 0 Å². The molecule has 0 aromatic carbocycles. The molecule has 1 aliphatic rings. The van der Waals surface area contributed by atoms with Crippen LogP contribution in [0, 0.1) is 6.92 Å². The lowest BCUT2D eigenvalue weighted by molar-refractivity contribution is 0.196. The first kappa shape index (κ1) is 15.6. The van der Waals surface area contributed by atoms with E-state index in [0.29, 0.717) is 30.1 Å². The smallest absolute Gasteiger partial charge is 0.229 e. The Morgan fingerprint density at radius 1 is 1.17 bits per heavy atom. The lowest BCUT2D eigenvalue weighted by Crippen LogP contribution is -2.33. The van der Waals surface area contributed by atoms with Gasteiger partial charge in [0.1, 0.15) is 5.82 Å². The van der Waals surface area contributed by atoms with Crippen molar-refractivity contribution in [3.63, 3.8) is 0 Å². The van der Waals surface area contributed by atoms with Gasteiger partial charge in [-0.3, -0.25) is 4.90 Å². The number of piperidine rings is 1.